The summed E-state index contributed by atoms with van der Waals surface area (Å²) in [5, 5.41) is 8.13. The quantitative estimate of drug-likeness (QED) is 0.365. The Balaban J connectivity index is 1.40. The van der Waals surface area contributed by atoms with Gasteiger partial charge in [0.15, 0.2) is 0 Å². The summed E-state index contributed by atoms with van der Waals surface area (Å²) in [5.74, 6) is 0.435. The number of nitrogens with one attached hydrogen (secondary N) is 2. The molecule has 0 bridgehead atoms. The first kappa shape index (κ1) is 22.0. The van der Waals surface area contributed by atoms with Gasteiger partial charge in [-0.05, 0) is 48.0 Å². The van der Waals surface area contributed by atoms with E-state index in [-0.39, 0.29) is 5.91 Å². The first-order valence-electron chi connectivity index (χ1n) is 10.9. The molecule has 168 valence electrons. The molecule has 0 spiro atoms. The first-order valence-corrected chi connectivity index (χ1v) is 11.6. The Hall–Kier alpha value is -2.83. The summed E-state index contributed by atoms with van der Waals surface area (Å²) < 4.78 is 6.23. The second-order valence-corrected chi connectivity index (χ2v) is 8.95. The number of carbonyl (C=O) groups excluding carboxylic acids is 1. The number of furan rings is 1. The molecule has 0 unspecified atom stereocenters. The number of nitrogens with zero attached hydrogens (tertiary/aromatic N) is 1. The number of anilines is 1. The van der Waals surface area contributed by atoms with Gasteiger partial charge >= 0.3 is 0 Å². The highest BCUT2D eigenvalue weighted by atomic mass is 35.5. The molecular weight excluding hydrogens is 457 g/mol. The largest absolute Gasteiger partial charge is 0.456 e. The molecule has 0 atom stereocenters. The number of hydrogen-bond donors (Lipinski definition) is 2. The number of piperazine rings is 1. The molecule has 1 aliphatic heterocycles. The molecule has 1 amide bonds. The highest BCUT2D eigenvalue weighted by molar-refractivity contribution is 6.42. The van der Waals surface area contributed by atoms with Gasteiger partial charge in [-0.15, -0.1) is 0 Å². The summed E-state index contributed by atoms with van der Waals surface area (Å²) in [5.41, 5.74) is 3.97. The van der Waals surface area contributed by atoms with Gasteiger partial charge in [0, 0.05) is 49.2 Å². The van der Waals surface area contributed by atoms with Crippen LogP contribution in [0.4, 0.5) is 5.69 Å². The van der Waals surface area contributed by atoms with Gasteiger partial charge in [0.05, 0.1) is 15.7 Å². The van der Waals surface area contributed by atoms with E-state index in [1.807, 2.05) is 30.3 Å². The van der Waals surface area contributed by atoms with Gasteiger partial charge in [-0.1, -0.05) is 47.5 Å². The molecule has 33 heavy (non-hydrogen) atoms. The van der Waals surface area contributed by atoms with Crippen molar-refractivity contribution in [2.24, 2.45) is 0 Å². The van der Waals surface area contributed by atoms with Crippen LogP contribution in [0.25, 0.3) is 22.3 Å². The Morgan fingerprint density at radius 2 is 1.79 bits per heavy atom. The monoisotopic (exact) mass is 479 g/mol. The van der Waals surface area contributed by atoms with Crippen LogP contribution in [0.2, 0.25) is 10.0 Å². The summed E-state index contributed by atoms with van der Waals surface area (Å²) in [6.07, 6.45) is 0. The van der Waals surface area contributed by atoms with Crippen LogP contribution in [0.1, 0.15) is 15.9 Å². The Morgan fingerprint density at radius 3 is 2.61 bits per heavy atom. The van der Waals surface area contributed by atoms with Crippen LogP contribution in [0.15, 0.2) is 71.1 Å². The Morgan fingerprint density at radius 1 is 0.970 bits per heavy atom. The van der Waals surface area contributed by atoms with Crippen LogP contribution in [-0.4, -0.2) is 37.0 Å². The van der Waals surface area contributed by atoms with Crippen molar-refractivity contribution >= 4 is 45.8 Å². The molecule has 4 aromatic rings. The number of rotatable bonds is 5. The van der Waals surface area contributed by atoms with E-state index < -0.39 is 0 Å². The molecule has 5 nitrogen and oxygen atoms in total. The summed E-state index contributed by atoms with van der Waals surface area (Å²) in [6, 6.07) is 20.8. The number of para-hydroxylation sites is 1. The lowest BCUT2D eigenvalue weighted by atomic mass is 10.1. The topological polar surface area (TPSA) is 57.5 Å². The summed E-state index contributed by atoms with van der Waals surface area (Å²) in [7, 11) is 0. The van der Waals surface area contributed by atoms with Gasteiger partial charge in [0.25, 0.3) is 5.91 Å². The Labute approximate surface area is 202 Å². The highest BCUT2D eigenvalue weighted by Gasteiger charge is 2.15. The van der Waals surface area contributed by atoms with Crippen LogP contribution in [0.5, 0.6) is 0 Å². The fourth-order valence-electron chi connectivity index (χ4n) is 4.07. The zero-order chi connectivity index (χ0) is 22.8. The van der Waals surface area contributed by atoms with Gasteiger partial charge in [0.1, 0.15) is 11.3 Å². The molecule has 0 radical (unpaired) electrons. The normalized spacial score (nSPS) is 14.5. The predicted molar refractivity (Wildman–Crippen MR) is 134 cm³/mol. The lowest BCUT2D eigenvalue weighted by molar-refractivity contribution is 0.102. The zero-order valence-electron chi connectivity index (χ0n) is 17.9. The van der Waals surface area contributed by atoms with E-state index in [4.69, 9.17) is 27.6 Å². The summed E-state index contributed by atoms with van der Waals surface area (Å²) in [6.45, 7) is 5.06. The third-order valence-corrected chi connectivity index (χ3v) is 6.56. The molecule has 0 aliphatic carbocycles. The van der Waals surface area contributed by atoms with Gasteiger partial charge in [-0.25, -0.2) is 0 Å². The molecule has 0 saturated carbocycles. The molecule has 5 rings (SSSR count). The number of fused-ring (bicyclic) bond motifs is 1. The molecule has 3 aromatic carbocycles. The molecule has 7 heteroatoms. The predicted octanol–water partition coefficient (Wildman–Crippen LogP) is 6.06. The second-order valence-electron chi connectivity index (χ2n) is 8.14. The highest BCUT2D eigenvalue weighted by Crippen LogP contribution is 2.34. The lowest BCUT2D eigenvalue weighted by Gasteiger charge is -2.27. The van der Waals surface area contributed by atoms with Crippen molar-refractivity contribution in [3.63, 3.8) is 0 Å². The van der Waals surface area contributed by atoms with Gasteiger partial charge in [0.2, 0.25) is 0 Å². The number of benzene rings is 3. The average molecular weight is 480 g/mol. The lowest BCUT2D eigenvalue weighted by Crippen LogP contribution is -2.42. The van der Waals surface area contributed by atoms with Crippen molar-refractivity contribution in [1.29, 1.82) is 0 Å². The van der Waals surface area contributed by atoms with Crippen LogP contribution in [0.3, 0.4) is 0 Å². The maximum atomic E-state index is 12.8. The SMILES string of the molecule is O=C(Nc1ccccc1-c1cc2ccc(CN3CCNCC3)cc2o1)c1ccc(Cl)c(Cl)c1. The van der Waals surface area contributed by atoms with Crippen molar-refractivity contribution in [2.45, 2.75) is 6.54 Å². The molecular formula is C26H23Cl2N3O2. The fourth-order valence-corrected chi connectivity index (χ4v) is 4.37. The van der Waals surface area contributed by atoms with E-state index in [9.17, 15) is 4.79 Å². The van der Waals surface area contributed by atoms with Crippen molar-refractivity contribution in [3.05, 3.63) is 87.9 Å². The van der Waals surface area contributed by atoms with Crippen LogP contribution >= 0.6 is 23.2 Å². The van der Waals surface area contributed by atoms with Crippen molar-refractivity contribution in [3.8, 4) is 11.3 Å². The van der Waals surface area contributed by atoms with E-state index >= 15 is 0 Å². The molecule has 1 fully saturated rings. The first-order chi connectivity index (χ1) is 16.1. The van der Waals surface area contributed by atoms with Crippen LogP contribution in [0, 0.1) is 0 Å². The third-order valence-electron chi connectivity index (χ3n) is 5.82. The molecule has 1 saturated heterocycles. The fraction of sp³-hybridized carbons (Fsp3) is 0.192. The van der Waals surface area contributed by atoms with Gasteiger partial charge in [-0.2, -0.15) is 0 Å². The average Bonchev–Trinajstić information content (AvgIpc) is 3.25. The maximum Gasteiger partial charge on any atom is 0.255 e. The number of amides is 1. The number of halogens is 2. The Bertz CT molecular complexity index is 1310. The smallest absolute Gasteiger partial charge is 0.255 e. The van der Waals surface area contributed by atoms with Crippen molar-refractivity contribution < 1.29 is 9.21 Å². The second kappa shape index (κ2) is 9.57. The minimum atomic E-state index is -0.268. The summed E-state index contributed by atoms with van der Waals surface area (Å²) in [4.78, 5) is 15.3. The minimum Gasteiger partial charge on any atom is -0.456 e. The van der Waals surface area contributed by atoms with Crippen molar-refractivity contribution in [2.75, 3.05) is 31.5 Å². The van der Waals surface area contributed by atoms with Gasteiger partial charge in [-0.3, -0.25) is 9.69 Å². The molecule has 2 heterocycles. The van der Waals surface area contributed by atoms with E-state index in [0.717, 1.165) is 49.3 Å². The molecule has 1 aliphatic rings. The summed E-state index contributed by atoms with van der Waals surface area (Å²) >= 11 is 12.0. The van der Waals surface area contributed by atoms with Crippen LogP contribution < -0.4 is 10.6 Å². The maximum absolute atomic E-state index is 12.8. The van der Waals surface area contributed by atoms with E-state index in [0.29, 0.717) is 27.1 Å². The zero-order valence-corrected chi connectivity index (χ0v) is 19.4. The number of hydrogen-bond acceptors (Lipinski definition) is 4. The minimum absolute atomic E-state index is 0.268. The van der Waals surface area contributed by atoms with E-state index in [1.165, 1.54) is 5.56 Å². The van der Waals surface area contributed by atoms with E-state index in [2.05, 4.69) is 33.7 Å². The Kier molecular flexibility index (Phi) is 6.38. The van der Waals surface area contributed by atoms with Gasteiger partial charge < -0.3 is 15.1 Å². The van der Waals surface area contributed by atoms with Crippen LogP contribution in [-0.2, 0) is 6.54 Å². The molecule has 1 aromatic heterocycles. The molecule has 2 N–H and O–H groups in total. The third kappa shape index (κ3) is 4.92. The van der Waals surface area contributed by atoms with Crippen molar-refractivity contribution in [1.82, 2.24) is 10.2 Å². The standard InChI is InChI=1S/C26H23Cl2N3O2/c27-21-8-7-19(14-22(21)28)26(32)30-23-4-2-1-3-20(23)25-15-18-6-5-17(13-24(18)33-25)16-31-11-9-29-10-12-31/h1-8,13-15,29H,9-12,16H2,(H,30,32). The number of carbonyl (C=O) groups is 1. The van der Waals surface area contributed by atoms with E-state index in [1.54, 1.807) is 18.2 Å².